The maximum atomic E-state index is 3.97. The molecule has 0 saturated heterocycles. The molecule has 0 aliphatic carbocycles. The first-order chi connectivity index (χ1) is 6.24. The van der Waals surface area contributed by atoms with Crippen molar-refractivity contribution < 1.29 is 0 Å². The Bertz CT molecular complexity index is 277. The van der Waals surface area contributed by atoms with Crippen LogP contribution in [0.3, 0.4) is 0 Å². The quantitative estimate of drug-likeness (QED) is 0.762. The normalized spacial score (nSPS) is 14.2. The van der Waals surface area contributed by atoms with E-state index < -0.39 is 0 Å². The first kappa shape index (κ1) is 9.93. The van der Waals surface area contributed by atoms with Crippen molar-refractivity contribution in [2.24, 2.45) is 0 Å². The van der Waals surface area contributed by atoms with Gasteiger partial charge in [-0.3, -0.25) is 4.98 Å². The molecule has 0 bridgehead atoms. The van der Waals surface area contributed by atoms with Crippen molar-refractivity contribution in [3.8, 4) is 0 Å². The van der Waals surface area contributed by atoms with Crippen molar-refractivity contribution in [3.63, 3.8) is 0 Å². The summed E-state index contributed by atoms with van der Waals surface area (Å²) in [4.78, 5) is 3.97. The number of rotatable bonds is 3. The molecule has 1 aromatic rings. The molecule has 0 saturated carbocycles. The van der Waals surface area contributed by atoms with Gasteiger partial charge in [0.15, 0.2) is 0 Å². The summed E-state index contributed by atoms with van der Waals surface area (Å²) in [6, 6.07) is 4.44. The lowest BCUT2D eigenvalue weighted by Crippen LogP contribution is -2.21. The minimum atomic E-state index is 0.424. The van der Waals surface area contributed by atoms with Gasteiger partial charge in [0.25, 0.3) is 0 Å². The van der Waals surface area contributed by atoms with E-state index in [4.69, 9.17) is 0 Å². The van der Waals surface area contributed by atoms with E-state index in [9.17, 15) is 0 Å². The van der Waals surface area contributed by atoms with Gasteiger partial charge in [-0.2, -0.15) is 0 Å². The van der Waals surface area contributed by atoms with Crippen molar-refractivity contribution in [2.75, 3.05) is 7.05 Å². The predicted octanol–water partition coefficient (Wildman–Crippen LogP) is 2.09. The summed E-state index contributed by atoms with van der Waals surface area (Å²) in [5.74, 6) is 0. The Labute approximate surface area is 79.7 Å². The molecule has 1 heterocycles. The van der Waals surface area contributed by atoms with Crippen LogP contribution in [0.5, 0.6) is 0 Å². The van der Waals surface area contributed by atoms with Crippen LogP contribution in [0.15, 0.2) is 30.1 Å². The molecule has 13 heavy (non-hydrogen) atoms. The van der Waals surface area contributed by atoms with Gasteiger partial charge in [-0.25, -0.2) is 0 Å². The van der Waals surface area contributed by atoms with Crippen LogP contribution in [0.2, 0.25) is 0 Å². The molecule has 0 amide bonds. The topological polar surface area (TPSA) is 24.9 Å². The van der Waals surface area contributed by atoms with E-state index in [0.29, 0.717) is 6.04 Å². The number of hydrogen-bond acceptors (Lipinski definition) is 2. The highest BCUT2D eigenvalue weighted by molar-refractivity contribution is 5.52. The molecule has 0 radical (unpaired) electrons. The molecule has 1 rings (SSSR count). The lowest BCUT2D eigenvalue weighted by Gasteiger charge is -2.10. The Morgan fingerprint density at radius 3 is 2.62 bits per heavy atom. The first-order valence-corrected chi connectivity index (χ1v) is 4.49. The average molecular weight is 176 g/mol. The van der Waals surface area contributed by atoms with Crippen LogP contribution in [0.25, 0.3) is 6.08 Å². The Morgan fingerprint density at radius 2 is 2.08 bits per heavy atom. The van der Waals surface area contributed by atoms with Gasteiger partial charge in [0, 0.05) is 18.4 Å². The molecular formula is C11H16N2. The van der Waals surface area contributed by atoms with E-state index >= 15 is 0 Å². The van der Waals surface area contributed by atoms with Gasteiger partial charge >= 0.3 is 0 Å². The fourth-order valence-corrected chi connectivity index (χ4v) is 1.08. The number of pyridine rings is 1. The van der Waals surface area contributed by atoms with E-state index in [1.807, 2.05) is 31.6 Å². The molecule has 0 aliphatic heterocycles. The van der Waals surface area contributed by atoms with Crippen LogP contribution < -0.4 is 5.32 Å². The summed E-state index contributed by atoms with van der Waals surface area (Å²) in [5, 5.41) is 3.20. The molecular weight excluding hydrogens is 160 g/mol. The van der Waals surface area contributed by atoms with E-state index in [-0.39, 0.29) is 0 Å². The number of likely N-dealkylation sites (N-methyl/N-ethyl adjacent to an activating group) is 1. The third-order valence-corrected chi connectivity index (χ3v) is 2.22. The second-order valence-electron chi connectivity index (χ2n) is 3.18. The fourth-order valence-electron chi connectivity index (χ4n) is 1.08. The van der Waals surface area contributed by atoms with Crippen molar-refractivity contribution in [1.82, 2.24) is 10.3 Å². The largest absolute Gasteiger partial charge is 0.314 e. The van der Waals surface area contributed by atoms with Crippen LogP contribution in [-0.2, 0) is 0 Å². The standard InChI is InChI=1S/C11H16N2/c1-9(10(2)12-3)8-11-4-6-13-7-5-11/h4-8,10,12H,1-3H3/b9-8+. The molecule has 0 spiro atoms. The maximum Gasteiger partial charge on any atom is 0.0273 e. The van der Waals surface area contributed by atoms with Crippen molar-refractivity contribution in [2.45, 2.75) is 19.9 Å². The molecule has 1 unspecified atom stereocenters. The van der Waals surface area contributed by atoms with Gasteiger partial charge in [-0.1, -0.05) is 11.6 Å². The smallest absolute Gasteiger partial charge is 0.0273 e. The third kappa shape index (κ3) is 2.99. The zero-order chi connectivity index (χ0) is 9.68. The summed E-state index contributed by atoms with van der Waals surface area (Å²) in [7, 11) is 1.97. The van der Waals surface area contributed by atoms with Crippen molar-refractivity contribution >= 4 is 6.08 Å². The van der Waals surface area contributed by atoms with E-state index in [1.54, 1.807) is 0 Å². The van der Waals surface area contributed by atoms with Crippen LogP contribution in [0.4, 0.5) is 0 Å². The summed E-state index contributed by atoms with van der Waals surface area (Å²) in [6.45, 7) is 4.27. The highest BCUT2D eigenvalue weighted by Crippen LogP contribution is 2.07. The molecule has 1 N–H and O–H groups in total. The predicted molar refractivity (Wildman–Crippen MR) is 56.4 cm³/mol. The zero-order valence-corrected chi connectivity index (χ0v) is 8.41. The monoisotopic (exact) mass is 176 g/mol. The highest BCUT2D eigenvalue weighted by atomic mass is 14.9. The average Bonchev–Trinajstić information content (AvgIpc) is 2.18. The summed E-state index contributed by atoms with van der Waals surface area (Å²) < 4.78 is 0. The Hall–Kier alpha value is -1.15. The van der Waals surface area contributed by atoms with Gasteiger partial charge in [-0.15, -0.1) is 0 Å². The van der Waals surface area contributed by atoms with Crippen molar-refractivity contribution in [1.29, 1.82) is 0 Å². The number of nitrogens with one attached hydrogen (secondary N) is 1. The minimum absolute atomic E-state index is 0.424. The highest BCUT2D eigenvalue weighted by Gasteiger charge is 1.99. The molecule has 2 nitrogen and oxygen atoms in total. The molecule has 0 aromatic carbocycles. The van der Waals surface area contributed by atoms with Gasteiger partial charge in [0.05, 0.1) is 0 Å². The number of aromatic nitrogens is 1. The van der Waals surface area contributed by atoms with Crippen LogP contribution in [0, 0.1) is 0 Å². The molecule has 1 atom stereocenters. The molecule has 1 aromatic heterocycles. The van der Waals surface area contributed by atoms with E-state index in [0.717, 1.165) is 0 Å². The van der Waals surface area contributed by atoms with Gasteiger partial charge in [0.1, 0.15) is 0 Å². The SMILES string of the molecule is CNC(C)/C(C)=C/c1ccncc1. The number of hydrogen-bond donors (Lipinski definition) is 1. The zero-order valence-electron chi connectivity index (χ0n) is 8.41. The summed E-state index contributed by atoms with van der Waals surface area (Å²) in [5.41, 5.74) is 2.53. The fraction of sp³-hybridized carbons (Fsp3) is 0.364. The van der Waals surface area contributed by atoms with Gasteiger partial charge in [0.2, 0.25) is 0 Å². The summed E-state index contributed by atoms with van der Waals surface area (Å²) in [6.07, 6.45) is 5.79. The molecule has 70 valence electrons. The Morgan fingerprint density at radius 1 is 1.46 bits per heavy atom. The van der Waals surface area contributed by atoms with Crippen LogP contribution in [-0.4, -0.2) is 18.1 Å². The van der Waals surface area contributed by atoms with E-state index in [2.05, 4.69) is 30.2 Å². The molecule has 2 heteroatoms. The summed E-state index contributed by atoms with van der Waals surface area (Å²) >= 11 is 0. The lowest BCUT2D eigenvalue weighted by atomic mass is 10.1. The maximum absolute atomic E-state index is 3.97. The Kier molecular flexibility index (Phi) is 3.65. The van der Waals surface area contributed by atoms with Crippen LogP contribution >= 0.6 is 0 Å². The van der Waals surface area contributed by atoms with E-state index in [1.165, 1.54) is 11.1 Å². The Balaban J connectivity index is 2.77. The minimum Gasteiger partial charge on any atom is -0.314 e. The van der Waals surface area contributed by atoms with Crippen molar-refractivity contribution in [3.05, 3.63) is 35.7 Å². The van der Waals surface area contributed by atoms with Crippen LogP contribution in [0.1, 0.15) is 19.4 Å². The lowest BCUT2D eigenvalue weighted by molar-refractivity contribution is 0.696. The van der Waals surface area contributed by atoms with Gasteiger partial charge < -0.3 is 5.32 Å². The number of nitrogens with zero attached hydrogens (tertiary/aromatic N) is 1. The first-order valence-electron chi connectivity index (χ1n) is 4.49. The molecule has 0 aliphatic rings. The second kappa shape index (κ2) is 4.77. The van der Waals surface area contributed by atoms with Gasteiger partial charge in [-0.05, 0) is 38.6 Å². The second-order valence-corrected chi connectivity index (χ2v) is 3.18. The molecule has 0 fully saturated rings. The third-order valence-electron chi connectivity index (χ3n) is 2.22.